The number of hydrogen-bond donors (Lipinski definition) is 2. The second kappa shape index (κ2) is 5.72. The fourth-order valence-corrected chi connectivity index (χ4v) is 2.86. The van der Waals surface area contributed by atoms with Gasteiger partial charge in [-0.3, -0.25) is 4.90 Å². The molecule has 110 valence electrons. The highest BCUT2D eigenvalue weighted by Gasteiger charge is 2.40. The molecule has 0 atom stereocenters. The van der Waals surface area contributed by atoms with Crippen molar-refractivity contribution >= 4 is 0 Å². The first-order chi connectivity index (χ1) is 9.69. The van der Waals surface area contributed by atoms with E-state index in [-0.39, 0.29) is 12.0 Å². The molecule has 1 saturated carbocycles. The molecule has 1 aromatic rings. The van der Waals surface area contributed by atoms with Gasteiger partial charge in [-0.2, -0.15) is 0 Å². The predicted octanol–water partition coefficient (Wildman–Crippen LogP) is 1.61. The maximum Gasteiger partial charge on any atom is 0.115 e. The van der Waals surface area contributed by atoms with Gasteiger partial charge in [-0.25, -0.2) is 0 Å². The highest BCUT2D eigenvalue weighted by Crippen LogP contribution is 2.33. The Morgan fingerprint density at radius 1 is 1.30 bits per heavy atom. The molecule has 2 fully saturated rings. The highest BCUT2D eigenvalue weighted by atomic mass is 16.5. The molecule has 0 amide bonds. The largest absolute Gasteiger partial charge is 0.508 e. The van der Waals surface area contributed by atoms with Crippen LogP contribution in [0.25, 0.3) is 0 Å². The van der Waals surface area contributed by atoms with Gasteiger partial charge in [0.2, 0.25) is 0 Å². The van der Waals surface area contributed by atoms with Gasteiger partial charge in [0, 0.05) is 19.6 Å². The molecule has 1 aliphatic carbocycles. The average molecular weight is 277 g/mol. The third-order valence-corrected chi connectivity index (χ3v) is 4.24. The summed E-state index contributed by atoms with van der Waals surface area (Å²) in [6.45, 7) is 4.28. The molecule has 1 aromatic carbocycles. The summed E-state index contributed by atoms with van der Waals surface area (Å²) >= 11 is 0. The minimum absolute atomic E-state index is 0.0777. The van der Waals surface area contributed by atoms with Crippen molar-refractivity contribution in [1.82, 2.24) is 4.90 Å². The van der Waals surface area contributed by atoms with Crippen LogP contribution in [0.15, 0.2) is 24.3 Å². The van der Waals surface area contributed by atoms with Crippen molar-refractivity contribution < 1.29 is 14.9 Å². The fourth-order valence-electron chi connectivity index (χ4n) is 2.86. The lowest BCUT2D eigenvalue weighted by Crippen LogP contribution is -2.53. The van der Waals surface area contributed by atoms with Crippen LogP contribution in [-0.2, 0) is 11.3 Å². The van der Waals surface area contributed by atoms with Crippen molar-refractivity contribution in [2.45, 2.75) is 19.4 Å². The van der Waals surface area contributed by atoms with Gasteiger partial charge in [0.1, 0.15) is 5.75 Å². The number of ether oxygens (including phenoxy) is 1. The summed E-state index contributed by atoms with van der Waals surface area (Å²) in [5.41, 5.74) is 1.05. The Morgan fingerprint density at radius 3 is 2.65 bits per heavy atom. The monoisotopic (exact) mass is 277 g/mol. The smallest absolute Gasteiger partial charge is 0.115 e. The standard InChI is InChI=1S/C16H23NO3/c18-10-16(11-20-12-16)9-17(7-13-4-5-13)8-14-2-1-3-15(19)6-14/h1-3,6,13,18-19H,4-5,7-12H2. The van der Waals surface area contributed by atoms with E-state index in [1.165, 1.54) is 12.8 Å². The molecule has 0 radical (unpaired) electrons. The SMILES string of the molecule is OCC1(CN(Cc2cccc(O)c2)CC2CC2)COC1. The number of nitrogens with zero attached hydrogens (tertiary/aromatic N) is 1. The zero-order valence-corrected chi connectivity index (χ0v) is 11.8. The number of rotatable bonds is 7. The zero-order chi connectivity index (χ0) is 14.0. The molecule has 2 N–H and O–H groups in total. The van der Waals surface area contributed by atoms with Crippen molar-refractivity contribution in [2.24, 2.45) is 11.3 Å². The quantitative estimate of drug-likeness (QED) is 0.795. The van der Waals surface area contributed by atoms with Crippen LogP contribution < -0.4 is 0 Å². The van der Waals surface area contributed by atoms with E-state index in [1.54, 1.807) is 6.07 Å². The van der Waals surface area contributed by atoms with Gasteiger partial charge in [-0.05, 0) is 36.5 Å². The predicted molar refractivity (Wildman–Crippen MR) is 76.4 cm³/mol. The molecule has 4 heteroatoms. The van der Waals surface area contributed by atoms with E-state index in [0.717, 1.165) is 31.1 Å². The van der Waals surface area contributed by atoms with Gasteiger partial charge < -0.3 is 14.9 Å². The topological polar surface area (TPSA) is 52.9 Å². The summed E-state index contributed by atoms with van der Waals surface area (Å²) < 4.78 is 5.29. The Morgan fingerprint density at radius 2 is 2.10 bits per heavy atom. The number of aliphatic hydroxyl groups is 1. The van der Waals surface area contributed by atoms with E-state index in [4.69, 9.17) is 4.74 Å². The summed E-state index contributed by atoms with van der Waals surface area (Å²) in [7, 11) is 0. The third kappa shape index (κ3) is 3.32. The van der Waals surface area contributed by atoms with Gasteiger partial charge in [-0.1, -0.05) is 12.1 Å². The Bertz CT molecular complexity index is 449. The lowest BCUT2D eigenvalue weighted by molar-refractivity contribution is -0.149. The van der Waals surface area contributed by atoms with Crippen molar-refractivity contribution in [2.75, 3.05) is 32.9 Å². The van der Waals surface area contributed by atoms with Crippen LogP contribution in [0, 0.1) is 11.3 Å². The van der Waals surface area contributed by atoms with Gasteiger partial charge in [0.25, 0.3) is 0 Å². The third-order valence-electron chi connectivity index (χ3n) is 4.24. The molecule has 0 unspecified atom stereocenters. The summed E-state index contributed by atoms with van der Waals surface area (Å²) in [5, 5.41) is 19.2. The molecular formula is C16H23NO3. The molecule has 3 rings (SSSR count). The van der Waals surface area contributed by atoms with Gasteiger partial charge >= 0.3 is 0 Å². The summed E-state index contributed by atoms with van der Waals surface area (Å²) in [6, 6.07) is 7.45. The number of aromatic hydroxyl groups is 1. The number of aliphatic hydroxyl groups excluding tert-OH is 1. The first-order valence-electron chi connectivity index (χ1n) is 7.38. The summed E-state index contributed by atoms with van der Waals surface area (Å²) in [6.07, 6.45) is 2.64. The Kier molecular flexibility index (Phi) is 3.96. The van der Waals surface area contributed by atoms with Crippen LogP contribution in [0.3, 0.4) is 0 Å². The number of hydrogen-bond acceptors (Lipinski definition) is 4. The lowest BCUT2D eigenvalue weighted by atomic mass is 9.86. The molecule has 20 heavy (non-hydrogen) atoms. The zero-order valence-electron chi connectivity index (χ0n) is 11.8. The van der Waals surface area contributed by atoms with Crippen LogP contribution in [0.4, 0.5) is 0 Å². The van der Waals surface area contributed by atoms with Crippen molar-refractivity contribution in [3.8, 4) is 5.75 Å². The minimum Gasteiger partial charge on any atom is -0.508 e. The minimum atomic E-state index is -0.0777. The summed E-state index contributed by atoms with van der Waals surface area (Å²) in [5.74, 6) is 1.13. The lowest BCUT2D eigenvalue weighted by Gasteiger charge is -2.43. The van der Waals surface area contributed by atoms with Crippen LogP contribution in [-0.4, -0.2) is 48.0 Å². The fraction of sp³-hybridized carbons (Fsp3) is 0.625. The summed E-state index contributed by atoms with van der Waals surface area (Å²) in [4.78, 5) is 2.41. The van der Waals surface area contributed by atoms with E-state index in [1.807, 2.05) is 18.2 Å². The van der Waals surface area contributed by atoms with E-state index < -0.39 is 0 Å². The van der Waals surface area contributed by atoms with Crippen LogP contribution in [0.5, 0.6) is 5.75 Å². The number of phenols is 1. The van der Waals surface area contributed by atoms with Crippen LogP contribution in [0.2, 0.25) is 0 Å². The Labute approximate surface area is 120 Å². The average Bonchev–Trinajstić information content (AvgIpc) is 3.17. The maximum atomic E-state index is 9.60. The molecular weight excluding hydrogens is 254 g/mol. The number of phenolic OH excluding ortho intramolecular Hbond substituents is 1. The normalized spacial score (nSPS) is 20.9. The second-order valence-corrected chi connectivity index (χ2v) is 6.43. The van der Waals surface area contributed by atoms with Crippen LogP contribution in [0.1, 0.15) is 18.4 Å². The van der Waals surface area contributed by atoms with Crippen molar-refractivity contribution in [3.63, 3.8) is 0 Å². The molecule has 1 heterocycles. The van der Waals surface area contributed by atoms with E-state index >= 15 is 0 Å². The van der Waals surface area contributed by atoms with Crippen molar-refractivity contribution in [3.05, 3.63) is 29.8 Å². The Hall–Kier alpha value is -1.10. The first-order valence-corrected chi connectivity index (χ1v) is 7.38. The van der Waals surface area contributed by atoms with Crippen molar-refractivity contribution in [1.29, 1.82) is 0 Å². The highest BCUT2D eigenvalue weighted by molar-refractivity contribution is 5.27. The van der Waals surface area contributed by atoms with Gasteiger partial charge in [0.05, 0.1) is 25.2 Å². The molecule has 0 spiro atoms. The van der Waals surface area contributed by atoms with E-state index in [0.29, 0.717) is 19.0 Å². The molecule has 2 aliphatic rings. The first kappa shape index (κ1) is 13.9. The van der Waals surface area contributed by atoms with Crippen LogP contribution >= 0.6 is 0 Å². The number of benzene rings is 1. The molecule has 4 nitrogen and oxygen atoms in total. The molecule has 0 aromatic heterocycles. The maximum absolute atomic E-state index is 9.60. The van der Waals surface area contributed by atoms with E-state index in [2.05, 4.69) is 4.90 Å². The second-order valence-electron chi connectivity index (χ2n) is 6.43. The Balaban J connectivity index is 1.65. The van der Waals surface area contributed by atoms with Gasteiger partial charge in [-0.15, -0.1) is 0 Å². The molecule has 1 aliphatic heterocycles. The van der Waals surface area contributed by atoms with Gasteiger partial charge in [0.15, 0.2) is 0 Å². The molecule has 0 bridgehead atoms. The van der Waals surface area contributed by atoms with E-state index in [9.17, 15) is 10.2 Å². The molecule has 1 saturated heterocycles.